The molecule has 2 heterocycles. The lowest BCUT2D eigenvalue weighted by atomic mass is 10.2. The zero-order valence-electron chi connectivity index (χ0n) is 15.5. The number of carbonyl (C=O) groups is 2. The molecule has 2 N–H and O–H groups in total. The van der Waals surface area contributed by atoms with E-state index in [-0.39, 0.29) is 18.2 Å². The molecule has 4 rings (SSSR count). The van der Waals surface area contributed by atoms with Crippen molar-refractivity contribution in [3.8, 4) is 11.5 Å². The van der Waals surface area contributed by atoms with E-state index in [4.69, 9.17) is 4.42 Å². The Kier molecular flexibility index (Phi) is 4.92. The SMILES string of the molecule is Cc1nc(-c2cccc(NC(=O)CC3Sc4ccccc4NC3=O)c2)oc1C. The number of carbonyl (C=O) groups excluding carboxylic acids is 2. The summed E-state index contributed by atoms with van der Waals surface area (Å²) in [5.41, 5.74) is 3.05. The molecule has 0 saturated heterocycles. The van der Waals surface area contributed by atoms with E-state index < -0.39 is 5.25 Å². The zero-order valence-corrected chi connectivity index (χ0v) is 16.3. The number of rotatable bonds is 4. The van der Waals surface area contributed by atoms with Crippen molar-refractivity contribution >= 4 is 35.0 Å². The number of amides is 2. The van der Waals surface area contributed by atoms with Gasteiger partial charge in [-0.15, -0.1) is 11.8 Å². The molecule has 1 aromatic heterocycles. The largest absolute Gasteiger partial charge is 0.441 e. The molecular weight excluding hydrogens is 374 g/mol. The van der Waals surface area contributed by atoms with Crippen LogP contribution in [0.3, 0.4) is 0 Å². The fourth-order valence-corrected chi connectivity index (χ4v) is 4.04. The summed E-state index contributed by atoms with van der Waals surface area (Å²) in [5.74, 6) is 0.914. The Balaban J connectivity index is 1.44. The predicted molar refractivity (Wildman–Crippen MR) is 109 cm³/mol. The number of aromatic nitrogens is 1. The van der Waals surface area contributed by atoms with Crippen molar-refractivity contribution in [1.82, 2.24) is 4.98 Å². The van der Waals surface area contributed by atoms with E-state index >= 15 is 0 Å². The summed E-state index contributed by atoms with van der Waals surface area (Å²) in [6, 6.07) is 14.9. The number of oxazole rings is 1. The van der Waals surface area contributed by atoms with Crippen molar-refractivity contribution in [2.24, 2.45) is 0 Å². The maximum Gasteiger partial charge on any atom is 0.238 e. The van der Waals surface area contributed by atoms with Crippen molar-refractivity contribution in [3.63, 3.8) is 0 Å². The summed E-state index contributed by atoms with van der Waals surface area (Å²) < 4.78 is 5.65. The van der Waals surface area contributed by atoms with Gasteiger partial charge in [0.2, 0.25) is 17.7 Å². The second kappa shape index (κ2) is 7.52. The van der Waals surface area contributed by atoms with Crippen LogP contribution in [-0.2, 0) is 9.59 Å². The number of aryl methyl sites for hydroxylation is 2. The Hall–Kier alpha value is -3.06. The average Bonchev–Trinajstić information content (AvgIpc) is 3.01. The van der Waals surface area contributed by atoms with E-state index in [2.05, 4.69) is 15.6 Å². The lowest BCUT2D eigenvalue weighted by Gasteiger charge is -2.23. The van der Waals surface area contributed by atoms with Crippen LogP contribution in [0.25, 0.3) is 11.5 Å². The van der Waals surface area contributed by atoms with Gasteiger partial charge in [0.25, 0.3) is 0 Å². The molecule has 0 spiro atoms. The number of nitrogens with one attached hydrogen (secondary N) is 2. The molecule has 2 amide bonds. The number of nitrogens with zero attached hydrogens (tertiary/aromatic N) is 1. The number of anilines is 2. The molecule has 2 aromatic carbocycles. The maximum absolute atomic E-state index is 12.5. The van der Waals surface area contributed by atoms with Crippen LogP contribution < -0.4 is 10.6 Å². The summed E-state index contributed by atoms with van der Waals surface area (Å²) in [6.45, 7) is 3.75. The summed E-state index contributed by atoms with van der Waals surface area (Å²) in [7, 11) is 0. The molecule has 142 valence electrons. The molecule has 0 fully saturated rings. The molecule has 7 heteroatoms. The molecule has 0 bridgehead atoms. The van der Waals surface area contributed by atoms with Crippen LogP contribution in [0.2, 0.25) is 0 Å². The lowest BCUT2D eigenvalue weighted by molar-refractivity contribution is -0.120. The van der Waals surface area contributed by atoms with Crippen molar-refractivity contribution in [2.45, 2.75) is 30.4 Å². The van der Waals surface area contributed by atoms with Gasteiger partial charge in [0.15, 0.2) is 0 Å². The third-order valence-corrected chi connectivity index (χ3v) is 5.77. The second-order valence-electron chi connectivity index (χ2n) is 6.59. The van der Waals surface area contributed by atoms with Crippen LogP contribution in [-0.4, -0.2) is 22.0 Å². The van der Waals surface area contributed by atoms with Crippen LogP contribution in [0.4, 0.5) is 11.4 Å². The summed E-state index contributed by atoms with van der Waals surface area (Å²) in [5, 5.41) is 5.26. The molecule has 1 aliphatic heterocycles. The molecule has 1 atom stereocenters. The molecule has 0 radical (unpaired) electrons. The quantitative estimate of drug-likeness (QED) is 0.686. The standard InChI is InChI=1S/C21H19N3O3S/c1-12-13(2)27-21(22-12)14-6-5-7-15(10-14)23-19(25)11-18-20(26)24-16-8-3-4-9-17(16)28-18/h3-10,18H,11H2,1-2H3,(H,23,25)(H,24,26). The number of thioether (sulfide) groups is 1. The van der Waals surface area contributed by atoms with Gasteiger partial charge in [-0.3, -0.25) is 9.59 Å². The Bertz CT molecular complexity index is 1040. The van der Waals surface area contributed by atoms with Crippen LogP contribution in [0.5, 0.6) is 0 Å². The van der Waals surface area contributed by atoms with E-state index in [9.17, 15) is 9.59 Å². The highest BCUT2D eigenvalue weighted by atomic mass is 32.2. The minimum absolute atomic E-state index is 0.0896. The number of hydrogen-bond acceptors (Lipinski definition) is 5. The monoisotopic (exact) mass is 393 g/mol. The summed E-state index contributed by atoms with van der Waals surface area (Å²) in [6.07, 6.45) is 0.0896. The van der Waals surface area contributed by atoms with Gasteiger partial charge in [-0.1, -0.05) is 18.2 Å². The minimum atomic E-state index is -0.463. The Labute approximate surface area is 166 Å². The van der Waals surface area contributed by atoms with Gasteiger partial charge in [-0.2, -0.15) is 0 Å². The zero-order chi connectivity index (χ0) is 19.7. The number of fused-ring (bicyclic) bond motifs is 1. The topological polar surface area (TPSA) is 84.2 Å². The van der Waals surface area contributed by atoms with Gasteiger partial charge in [-0.05, 0) is 44.2 Å². The Morgan fingerprint density at radius 2 is 2.04 bits per heavy atom. The van der Waals surface area contributed by atoms with E-state index in [0.717, 1.165) is 27.6 Å². The van der Waals surface area contributed by atoms with Crippen molar-refractivity contribution in [1.29, 1.82) is 0 Å². The molecule has 0 aliphatic carbocycles. The average molecular weight is 393 g/mol. The fraction of sp³-hybridized carbons (Fsp3) is 0.190. The van der Waals surface area contributed by atoms with Crippen LogP contribution >= 0.6 is 11.8 Å². The summed E-state index contributed by atoms with van der Waals surface area (Å²) >= 11 is 1.41. The van der Waals surface area contributed by atoms with E-state index in [1.807, 2.05) is 56.3 Å². The van der Waals surface area contributed by atoms with Gasteiger partial charge in [0.1, 0.15) is 5.76 Å². The van der Waals surface area contributed by atoms with Crippen molar-refractivity contribution in [2.75, 3.05) is 10.6 Å². The maximum atomic E-state index is 12.5. The van der Waals surface area contributed by atoms with Crippen LogP contribution in [0, 0.1) is 13.8 Å². The first-order valence-corrected chi connectivity index (χ1v) is 9.78. The van der Waals surface area contributed by atoms with Gasteiger partial charge in [0, 0.05) is 22.6 Å². The van der Waals surface area contributed by atoms with Crippen molar-refractivity contribution < 1.29 is 14.0 Å². The molecular formula is C21H19N3O3S. The Morgan fingerprint density at radius 3 is 2.82 bits per heavy atom. The second-order valence-corrected chi connectivity index (χ2v) is 7.83. The highest BCUT2D eigenvalue weighted by molar-refractivity contribution is 8.01. The molecule has 0 saturated carbocycles. The molecule has 1 aliphatic rings. The number of para-hydroxylation sites is 1. The summed E-state index contributed by atoms with van der Waals surface area (Å²) in [4.78, 5) is 30.1. The van der Waals surface area contributed by atoms with E-state index in [1.165, 1.54) is 11.8 Å². The van der Waals surface area contributed by atoms with Gasteiger partial charge in [-0.25, -0.2) is 4.98 Å². The molecule has 3 aromatic rings. The van der Waals surface area contributed by atoms with E-state index in [0.29, 0.717) is 11.6 Å². The smallest absolute Gasteiger partial charge is 0.238 e. The third-order valence-electron chi connectivity index (χ3n) is 4.50. The van der Waals surface area contributed by atoms with Crippen LogP contribution in [0.15, 0.2) is 57.8 Å². The lowest BCUT2D eigenvalue weighted by Crippen LogP contribution is -2.32. The molecule has 6 nitrogen and oxygen atoms in total. The highest BCUT2D eigenvalue weighted by Gasteiger charge is 2.28. The number of benzene rings is 2. The fourth-order valence-electron chi connectivity index (χ4n) is 2.93. The van der Waals surface area contributed by atoms with E-state index in [1.54, 1.807) is 6.07 Å². The first-order valence-electron chi connectivity index (χ1n) is 8.90. The minimum Gasteiger partial charge on any atom is -0.441 e. The normalized spacial score (nSPS) is 15.6. The van der Waals surface area contributed by atoms with Gasteiger partial charge < -0.3 is 15.1 Å². The first-order chi connectivity index (χ1) is 13.5. The highest BCUT2D eigenvalue weighted by Crippen LogP contribution is 2.36. The number of hydrogen-bond donors (Lipinski definition) is 2. The third kappa shape index (κ3) is 3.80. The Morgan fingerprint density at radius 1 is 1.21 bits per heavy atom. The van der Waals surface area contributed by atoms with Gasteiger partial charge >= 0.3 is 0 Å². The molecule has 28 heavy (non-hydrogen) atoms. The van der Waals surface area contributed by atoms with Crippen molar-refractivity contribution in [3.05, 3.63) is 60.0 Å². The van der Waals surface area contributed by atoms with Crippen LogP contribution in [0.1, 0.15) is 17.9 Å². The predicted octanol–water partition coefficient (Wildman–Crippen LogP) is 4.40. The first kappa shape index (κ1) is 18.3. The van der Waals surface area contributed by atoms with Gasteiger partial charge in [0.05, 0.1) is 16.6 Å². The molecule has 1 unspecified atom stereocenters.